The van der Waals surface area contributed by atoms with E-state index in [9.17, 15) is 23.1 Å². The van der Waals surface area contributed by atoms with E-state index >= 15 is 0 Å². The highest BCUT2D eigenvalue weighted by Gasteiger charge is 2.36. The molecule has 4 aromatic rings. The Bertz CT molecular complexity index is 1890. The highest BCUT2D eigenvalue weighted by Crippen LogP contribution is 2.33. The average Bonchev–Trinajstić information content (AvgIpc) is 3.63. The minimum absolute atomic E-state index is 0.0184. The molecule has 1 amide bonds. The smallest absolute Gasteiger partial charge is 0.332 e. The second-order valence-electron chi connectivity index (χ2n) is 10.8. The van der Waals surface area contributed by atoms with Gasteiger partial charge in [-0.1, -0.05) is 6.07 Å². The largest absolute Gasteiger partial charge is 0.479 e. The van der Waals surface area contributed by atoms with Crippen molar-refractivity contribution < 1.29 is 23.1 Å². The zero-order valence-corrected chi connectivity index (χ0v) is 24.9. The fourth-order valence-corrected chi connectivity index (χ4v) is 7.44. The number of piperidine rings is 1. The van der Waals surface area contributed by atoms with E-state index in [0.717, 1.165) is 16.8 Å². The van der Waals surface area contributed by atoms with Crippen molar-refractivity contribution in [2.24, 2.45) is 7.05 Å². The number of carboxylic acid groups (broad SMARTS) is 1. The zero-order valence-electron chi connectivity index (χ0n) is 24.1. The van der Waals surface area contributed by atoms with Crippen molar-refractivity contribution in [3.8, 4) is 0 Å². The fourth-order valence-electron chi connectivity index (χ4n) is 5.79. The Labute approximate surface area is 253 Å². The number of aryl methyl sites for hydroxylation is 2. The van der Waals surface area contributed by atoms with Crippen molar-refractivity contribution >= 4 is 27.5 Å². The summed E-state index contributed by atoms with van der Waals surface area (Å²) in [5.74, 6) is -1.60. The van der Waals surface area contributed by atoms with E-state index in [1.54, 1.807) is 36.0 Å². The summed E-state index contributed by atoms with van der Waals surface area (Å²) >= 11 is 0. The van der Waals surface area contributed by atoms with Gasteiger partial charge in [-0.05, 0) is 67.2 Å². The Kier molecular flexibility index (Phi) is 7.73. The predicted molar refractivity (Wildman–Crippen MR) is 158 cm³/mol. The van der Waals surface area contributed by atoms with Crippen LogP contribution in [0.25, 0.3) is 5.65 Å². The molecule has 1 atom stereocenters. The monoisotopic (exact) mass is 617 g/mol. The molecule has 1 fully saturated rings. The van der Waals surface area contributed by atoms with Crippen LogP contribution in [0, 0.1) is 6.92 Å². The van der Waals surface area contributed by atoms with Crippen LogP contribution < -0.4 is 5.32 Å². The number of carbonyl (C=O) groups excluding carboxylic acids is 1. The van der Waals surface area contributed by atoms with Gasteiger partial charge in [-0.3, -0.25) is 14.5 Å². The fraction of sp³-hybridized carbons (Fsp3) is 0.310. The second-order valence-corrected chi connectivity index (χ2v) is 12.7. The van der Waals surface area contributed by atoms with Gasteiger partial charge in [0.15, 0.2) is 11.7 Å². The van der Waals surface area contributed by atoms with Gasteiger partial charge in [0.25, 0.3) is 5.91 Å². The maximum atomic E-state index is 13.9. The molecule has 2 aliphatic heterocycles. The molecule has 0 bridgehead atoms. The molecule has 0 radical (unpaired) electrons. The maximum absolute atomic E-state index is 13.9. The topological polar surface area (TPSA) is 168 Å². The number of fused-ring (bicyclic) bond motifs is 1. The summed E-state index contributed by atoms with van der Waals surface area (Å²) in [5, 5.41) is 21.2. The standard InChI is InChI=1S/C29H31N9O5S/c1-19-14-26-31-18-33-38(26)16-21(19)20-8-12-37(13-9-20)44(42,43)25-15-32-35(2)24(25)17-36-11-5-7-22(27(36)29(40)41)34-28(39)23-6-3-4-10-30-23/h3-7,10-11,14-16,18,20,27H,8-9,12-13,17H2,1-2H3,(H,34,39)(H,40,41). The van der Waals surface area contributed by atoms with Crippen LogP contribution in [0.4, 0.5) is 0 Å². The quantitative estimate of drug-likeness (QED) is 0.298. The van der Waals surface area contributed by atoms with Gasteiger partial charge in [-0.2, -0.15) is 14.5 Å². The van der Waals surface area contributed by atoms with Crippen LogP contribution in [0.1, 0.15) is 46.1 Å². The molecular formula is C29H31N9O5S. The van der Waals surface area contributed by atoms with Crippen molar-refractivity contribution in [1.29, 1.82) is 0 Å². The van der Waals surface area contributed by atoms with Gasteiger partial charge in [-0.25, -0.2) is 22.7 Å². The Balaban J connectivity index is 1.19. The molecule has 4 aromatic heterocycles. The van der Waals surface area contributed by atoms with E-state index in [-0.39, 0.29) is 28.7 Å². The summed E-state index contributed by atoms with van der Waals surface area (Å²) in [6.07, 6.45) is 12.2. The summed E-state index contributed by atoms with van der Waals surface area (Å²) in [7, 11) is -2.32. The van der Waals surface area contributed by atoms with E-state index in [0.29, 0.717) is 31.6 Å². The molecule has 0 spiro atoms. The van der Waals surface area contributed by atoms with Crippen molar-refractivity contribution in [3.63, 3.8) is 0 Å². The van der Waals surface area contributed by atoms with Gasteiger partial charge in [0, 0.05) is 38.7 Å². The van der Waals surface area contributed by atoms with Crippen LogP contribution in [0.2, 0.25) is 0 Å². The van der Waals surface area contributed by atoms with Crippen LogP contribution >= 0.6 is 0 Å². The predicted octanol–water partition coefficient (Wildman–Crippen LogP) is 1.83. The second kappa shape index (κ2) is 11.7. The number of hydrogen-bond donors (Lipinski definition) is 2. The number of nitrogens with zero attached hydrogens (tertiary/aromatic N) is 8. The van der Waals surface area contributed by atoms with E-state index in [2.05, 4.69) is 25.5 Å². The summed E-state index contributed by atoms with van der Waals surface area (Å²) in [6.45, 7) is 2.59. The van der Waals surface area contributed by atoms with Crippen molar-refractivity contribution in [2.75, 3.05) is 13.1 Å². The van der Waals surface area contributed by atoms with E-state index in [1.165, 1.54) is 44.8 Å². The molecule has 6 heterocycles. The van der Waals surface area contributed by atoms with Gasteiger partial charge in [-0.15, -0.1) is 0 Å². The van der Waals surface area contributed by atoms with Gasteiger partial charge < -0.3 is 15.3 Å². The van der Waals surface area contributed by atoms with Gasteiger partial charge in [0.1, 0.15) is 16.9 Å². The molecule has 1 unspecified atom stereocenters. The van der Waals surface area contributed by atoms with Crippen LogP contribution in [0.15, 0.2) is 78.1 Å². The van der Waals surface area contributed by atoms with E-state index in [4.69, 9.17) is 0 Å². The first-order chi connectivity index (χ1) is 21.1. The molecule has 2 aliphatic rings. The summed E-state index contributed by atoms with van der Waals surface area (Å²) in [6, 6.07) is 5.55. The minimum atomic E-state index is -3.94. The number of pyridine rings is 2. The Morgan fingerprint density at radius 3 is 2.66 bits per heavy atom. The normalized spacial score (nSPS) is 18.0. The molecule has 14 nitrogen and oxygen atoms in total. The lowest BCUT2D eigenvalue weighted by Gasteiger charge is -2.33. The number of aromatic nitrogens is 6. The number of aliphatic carboxylic acids is 1. The lowest BCUT2D eigenvalue weighted by molar-refractivity contribution is -0.141. The maximum Gasteiger partial charge on any atom is 0.332 e. The summed E-state index contributed by atoms with van der Waals surface area (Å²) in [5.41, 5.74) is 3.57. The third kappa shape index (κ3) is 5.46. The van der Waals surface area contributed by atoms with E-state index in [1.807, 2.05) is 19.2 Å². The molecule has 228 valence electrons. The lowest BCUT2D eigenvalue weighted by Crippen LogP contribution is -2.46. The number of amides is 1. The lowest BCUT2D eigenvalue weighted by atomic mass is 9.89. The molecule has 0 aromatic carbocycles. The Hall–Kier alpha value is -4.89. The molecule has 0 aliphatic carbocycles. The number of nitrogens with one attached hydrogen (secondary N) is 1. The molecule has 6 rings (SSSR count). The average molecular weight is 618 g/mol. The van der Waals surface area contributed by atoms with Crippen LogP contribution in [-0.4, -0.2) is 83.1 Å². The Morgan fingerprint density at radius 1 is 1.14 bits per heavy atom. The van der Waals surface area contributed by atoms with Gasteiger partial charge in [0.05, 0.1) is 24.1 Å². The van der Waals surface area contributed by atoms with Gasteiger partial charge in [0.2, 0.25) is 10.0 Å². The van der Waals surface area contributed by atoms with Crippen molar-refractivity contribution in [2.45, 2.75) is 43.2 Å². The highest BCUT2D eigenvalue weighted by molar-refractivity contribution is 7.89. The molecule has 0 saturated carbocycles. The molecule has 44 heavy (non-hydrogen) atoms. The number of rotatable bonds is 8. The number of carbonyl (C=O) groups is 2. The molecule has 15 heteroatoms. The van der Waals surface area contributed by atoms with Crippen LogP contribution in [0.3, 0.4) is 0 Å². The number of carboxylic acids is 1. The minimum Gasteiger partial charge on any atom is -0.479 e. The molecular weight excluding hydrogens is 586 g/mol. The number of hydrogen-bond acceptors (Lipinski definition) is 9. The third-order valence-corrected chi connectivity index (χ3v) is 10.0. The van der Waals surface area contributed by atoms with Crippen LogP contribution in [0.5, 0.6) is 0 Å². The van der Waals surface area contributed by atoms with Crippen LogP contribution in [-0.2, 0) is 28.4 Å². The SMILES string of the molecule is Cc1cc2ncnn2cc1C1CCN(S(=O)(=O)c2cnn(C)c2CN2C=CC=C(NC(=O)c3ccccn3)C2C(=O)O)CC1. The van der Waals surface area contributed by atoms with Crippen molar-refractivity contribution in [1.82, 2.24) is 43.9 Å². The first-order valence-electron chi connectivity index (χ1n) is 14.0. The first kappa shape index (κ1) is 29.2. The highest BCUT2D eigenvalue weighted by atomic mass is 32.2. The van der Waals surface area contributed by atoms with Crippen molar-refractivity contribution in [3.05, 3.63) is 95.7 Å². The molecule has 2 N–H and O–H groups in total. The summed E-state index contributed by atoms with van der Waals surface area (Å²) < 4.78 is 32.5. The van der Waals surface area contributed by atoms with E-state index < -0.39 is 27.9 Å². The third-order valence-electron chi connectivity index (χ3n) is 8.10. The number of sulfonamides is 1. The van der Waals surface area contributed by atoms with Gasteiger partial charge >= 0.3 is 5.97 Å². The summed E-state index contributed by atoms with van der Waals surface area (Å²) in [4.78, 5) is 34.9. The number of allylic oxidation sites excluding steroid dienone is 2. The Morgan fingerprint density at radius 2 is 1.93 bits per heavy atom. The molecule has 1 saturated heterocycles. The zero-order chi connectivity index (χ0) is 31.0. The first-order valence-corrected chi connectivity index (χ1v) is 15.5.